The second-order valence-electron chi connectivity index (χ2n) is 3.78. The standard InChI is InChI=1S/C14H9ClFNO2/c15-12-6-11(3-2-10(12)7-17)19-14-4-1-9(8-18)5-13(14)16/h1-6,18H,8H2. The van der Waals surface area contributed by atoms with Crippen molar-refractivity contribution in [2.45, 2.75) is 6.61 Å². The molecule has 19 heavy (non-hydrogen) atoms. The second-order valence-corrected chi connectivity index (χ2v) is 4.19. The lowest BCUT2D eigenvalue weighted by atomic mass is 10.2. The topological polar surface area (TPSA) is 53.2 Å². The van der Waals surface area contributed by atoms with Gasteiger partial charge in [0.1, 0.15) is 11.8 Å². The van der Waals surface area contributed by atoms with Crippen LogP contribution in [0.3, 0.4) is 0 Å². The maximum absolute atomic E-state index is 13.6. The molecule has 0 heterocycles. The summed E-state index contributed by atoms with van der Waals surface area (Å²) in [6.07, 6.45) is 0. The summed E-state index contributed by atoms with van der Waals surface area (Å²) < 4.78 is 19.0. The Morgan fingerprint density at radius 3 is 2.63 bits per heavy atom. The van der Waals surface area contributed by atoms with Crippen LogP contribution in [0.5, 0.6) is 11.5 Å². The quantitative estimate of drug-likeness (QED) is 0.932. The number of aliphatic hydroxyl groups excluding tert-OH is 1. The summed E-state index contributed by atoms with van der Waals surface area (Å²) in [5.41, 5.74) is 0.785. The van der Waals surface area contributed by atoms with Crippen LogP contribution in [-0.4, -0.2) is 5.11 Å². The van der Waals surface area contributed by atoms with E-state index in [0.29, 0.717) is 16.9 Å². The van der Waals surface area contributed by atoms with Crippen molar-refractivity contribution in [3.63, 3.8) is 0 Å². The SMILES string of the molecule is N#Cc1ccc(Oc2ccc(CO)cc2F)cc1Cl. The highest BCUT2D eigenvalue weighted by molar-refractivity contribution is 6.31. The van der Waals surface area contributed by atoms with Gasteiger partial charge in [-0.25, -0.2) is 4.39 Å². The molecule has 0 amide bonds. The zero-order chi connectivity index (χ0) is 13.8. The number of aliphatic hydroxyl groups is 1. The molecule has 0 bridgehead atoms. The summed E-state index contributed by atoms with van der Waals surface area (Å²) >= 11 is 5.85. The van der Waals surface area contributed by atoms with E-state index in [-0.39, 0.29) is 17.4 Å². The van der Waals surface area contributed by atoms with E-state index in [9.17, 15) is 4.39 Å². The molecule has 0 unspecified atom stereocenters. The van der Waals surface area contributed by atoms with Crippen LogP contribution in [0.25, 0.3) is 0 Å². The molecule has 2 aromatic rings. The minimum Gasteiger partial charge on any atom is -0.454 e. The molecule has 5 heteroatoms. The fourth-order valence-electron chi connectivity index (χ4n) is 1.50. The lowest BCUT2D eigenvalue weighted by Crippen LogP contribution is -1.91. The Bertz CT molecular complexity index is 652. The van der Waals surface area contributed by atoms with E-state index in [1.807, 2.05) is 6.07 Å². The van der Waals surface area contributed by atoms with Gasteiger partial charge in [0, 0.05) is 6.07 Å². The number of halogens is 2. The maximum atomic E-state index is 13.6. The van der Waals surface area contributed by atoms with E-state index in [2.05, 4.69) is 0 Å². The summed E-state index contributed by atoms with van der Waals surface area (Å²) in [4.78, 5) is 0. The highest BCUT2D eigenvalue weighted by atomic mass is 35.5. The van der Waals surface area contributed by atoms with Gasteiger partial charge in [0.2, 0.25) is 0 Å². The van der Waals surface area contributed by atoms with Crippen LogP contribution in [0, 0.1) is 17.1 Å². The van der Waals surface area contributed by atoms with Crippen LogP contribution in [-0.2, 0) is 6.61 Å². The van der Waals surface area contributed by atoms with Crippen LogP contribution < -0.4 is 4.74 Å². The zero-order valence-electron chi connectivity index (χ0n) is 9.73. The lowest BCUT2D eigenvalue weighted by molar-refractivity contribution is 0.281. The van der Waals surface area contributed by atoms with Gasteiger partial charge in [0.05, 0.1) is 17.2 Å². The smallest absolute Gasteiger partial charge is 0.166 e. The molecule has 0 aromatic heterocycles. The van der Waals surface area contributed by atoms with Gasteiger partial charge in [0.25, 0.3) is 0 Å². The van der Waals surface area contributed by atoms with Crippen LogP contribution in [0.2, 0.25) is 5.02 Å². The zero-order valence-corrected chi connectivity index (χ0v) is 10.5. The number of ether oxygens (including phenoxy) is 1. The maximum Gasteiger partial charge on any atom is 0.166 e. The molecule has 0 spiro atoms. The third kappa shape index (κ3) is 3.02. The van der Waals surface area contributed by atoms with Crippen LogP contribution >= 0.6 is 11.6 Å². The predicted molar refractivity (Wildman–Crippen MR) is 68.6 cm³/mol. The fraction of sp³-hybridized carbons (Fsp3) is 0.0714. The molecule has 0 aliphatic heterocycles. The first-order valence-corrected chi connectivity index (χ1v) is 5.78. The van der Waals surface area contributed by atoms with Gasteiger partial charge in [0.15, 0.2) is 11.6 Å². The van der Waals surface area contributed by atoms with Crippen molar-refractivity contribution in [3.05, 3.63) is 58.4 Å². The van der Waals surface area contributed by atoms with E-state index in [0.717, 1.165) is 0 Å². The van der Waals surface area contributed by atoms with E-state index < -0.39 is 5.82 Å². The molecule has 1 N–H and O–H groups in total. The van der Waals surface area contributed by atoms with Crippen molar-refractivity contribution in [3.8, 4) is 17.6 Å². The molecule has 0 aliphatic carbocycles. The normalized spacial score (nSPS) is 10.0. The molecular weight excluding hydrogens is 269 g/mol. The van der Waals surface area contributed by atoms with Crippen molar-refractivity contribution in [1.82, 2.24) is 0 Å². The molecule has 0 saturated carbocycles. The van der Waals surface area contributed by atoms with Gasteiger partial charge in [-0.1, -0.05) is 17.7 Å². The van der Waals surface area contributed by atoms with Gasteiger partial charge in [-0.3, -0.25) is 0 Å². The second kappa shape index (κ2) is 5.70. The van der Waals surface area contributed by atoms with Crippen LogP contribution in [0.1, 0.15) is 11.1 Å². The predicted octanol–water partition coefficient (Wildman–Crippen LogP) is 3.64. The van der Waals surface area contributed by atoms with Gasteiger partial charge >= 0.3 is 0 Å². The summed E-state index contributed by atoms with van der Waals surface area (Å²) in [6, 6.07) is 10.6. The van der Waals surface area contributed by atoms with E-state index in [1.54, 1.807) is 6.07 Å². The molecule has 0 saturated heterocycles. The van der Waals surface area contributed by atoms with Gasteiger partial charge in [-0.15, -0.1) is 0 Å². The Hall–Kier alpha value is -2.09. The number of hydrogen-bond acceptors (Lipinski definition) is 3. The van der Waals surface area contributed by atoms with Gasteiger partial charge in [-0.05, 0) is 29.8 Å². The number of hydrogen-bond donors (Lipinski definition) is 1. The van der Waals surface area contributed by atoms with Crippen molar-refractivity contribution in [2.24, 2.45) is 0 Å². The van der Waals surface area contributed by atoms with E-state index in [4.69, 9.17) is 26.7 Å². The van der Waals surface area contributed by atoms with Crippen LogP contribution in [0.4, 0.5) is 4.39 Å². The van der Waals surface area contributed by atoms with E-state index >= 15 is 0 Å². The van der Waals surface area contributed by atoms with Gasteiger partial charge < -0.3 is 9.84 Å². The number of benzene rings is 2. The number of nitrogens with zero attached hydrogens (tertiary/aromatic N) is 1. The van der Waals surface area contributed by atoms with Crippen molar-refractivity contribution >= 4 is 11.6 Å². The highest BCUT2D eigenvalue weighted by Crippen LogP contribution is 2.28. The molecule has 3 nitrogen and oxygen atoms in total. The lowest BCUT2D eigenvalue weighted by Gasteiger charge is -2.08. The fourth-order valence-corrected chi connectivity index (χ4v) is 1.72. The number of rotatable bonds is 3. The summed E-state index contributed by atoms with van der Waals surface area (Å²) in [6.45, 7) is -0.236. The molecule has 0 fully saturated rings. The first kappa shape index (κ1) is 13.3. The average Bonchev–Trinajstić information content (AvgIpc) is 2.41. The van der Waals surface area contributed by atoms with Crippen molar-refractivity contribution in [2.75, 3.05) is 0 Å². The minimum atomic E-state index is -0.577. The summed E-state index contributed by atoms with van der Waals surface area (Å²) in [5.74, 6) is -0.218. The third-order valence-electron chi connectivity index (χ3n) is 2.47. The first-order chi connectivity index (χ1) is 9.13. The Morgan fingerprint density at radius 2 is 2.05 bits per heavy atom. The first-order valence-electron chi connectivity index (χ1n) is 5.41. The summed E-state index contributed by atoms with van der Waals surface area (Å²) in [5, 5.41) is 17.9. The monoisotopic (exact) mass is 277 g/mol. The molecule has 2 aromatic carbocycles. The van der Waals surface area contributed by atoms with Crippen molar-refractivity contribution in [1.29, 1.82) is 5.26 Å². The minimum absolute atomic E-state index is 0.0259. The molecular formula is C14H9ClFNO2. The number of nitriles is 1. The Balaban J connectivity index is 2.26. The largest absolute Gasteiger partial charge is 0.454 e. The summed E-state index contributed by atoms with van der Waals surface area (Å²) in [7, 11) is 0. The Kier molecular flexibility index (Phi) is 4.00. The van der Waals surface area contributed by atoms with E-state index in [1.165, 1.54) is 30.3 Å². The molecule has 0 atom stereocenters. The highest BCUT2D eigenvalue weighted by Gasteiger charge is 2.07. The van der Waals surface area contributed by atoms with Crippen molar-refractivity contribution < 1.29 is 14.2 Å². The molecule has 2 rings (SSSR count). The average molecular weight is 278 g/mol. The Morgan fingerprint density at radius 1 is 1.26 bits per heavy atom. The molecule has 0 aliphatic rings. The Labute approximate surface area is 114 Å². The van der Waals surface area contributed by atoms with Gasteiger partial charge in [-0.2, -0.15) is 5.26 Å². The van der Waals surface area contributed by atoms with Crippen LogP contribution in [0.15, 0.2) is 36.4 Å². The molecule has 0 radical (unpaired) electrons. The third-order valence-corrected chi connectivity index (χ3v) is 2.78. The molecule has 96 valence electrons.